The molecular weight excluding hydrogens is 325 g/mol. The van der Waals surface area contributed by atoms with Gasteiger partial charge in [0.15, 0.2) is 11.6 Å². The van der Waals surface area contributed by atoms with E-state index in [2.05, 4.69) is 6.58 Å². The summed E-state index contributed by atoms with van der Waals surface area (Å²) < 4.78 is 46.6. The Morgan fingerprint density at radius 2 is 1.76 bits per heavy atom. The summed E-state index contributed by atoms with van der Waals surface area (Å²) in [4.78, 5) is 0. The van der Waals surface area contributed by atoms with Gasteiger partial charge in [-0.05, 0) is 54.1 Å². The van der Waals surface area contributed by atoms with Crippen LogP contribution in [-0.2, 0) is 13.0 Å². The smallest absolute Gasteiger partial charge is 0.166 e. The second kappa shape index (κ2) is 7.43. The van der Waals surface area contributed by atoms with Crippen LogP contribution < -0.4 is 4.74 Å². The minimum Gasteiger partial charge on any atom is -0.489 e. The lowest BCUT2D eigenvalue weighted by Crippen LogP contribution is -2.00. The highest BCUT2D eigenvalue weighted by molar-refractivity contribution is 5.84. The van der Waals surface area contributed by atoms with Gasteiger partial charge in [-0.3, -0.25) is 0 Å². The summed E-state index contributed by atoms with van der Waals surface area (Å²) in [7, 11) is 0. The highest BCUT2D eigenvalue weighted by atomic mass is 19.2. The van der Waals surface area contributed by atoms with Gasteiger partial charge in [0.25, 0.3) is 0 Å². The number of benzene rings is 3. The van der Waals surface area contributed by atoms with Gasteiger partial charge in [-0.2, -0.15) is 0 Å². The van der Waals surface area contributed by atoms with E-state index >= 15 is 0 Å². The number of ether oxygens (including phenoxy) is 1. The summed E-state index contributed by atoms with van der Waals surface area (Å²) in [6, 6.07) is 12.2. The first-order chi connectivity index (χ1) is 12.1. The van der Waals surface area contributed by atoms with Gasteiger partial charge < -0.3 is 4.74 Å². The SMILES string of the molecule is C=CCCc1ccc(COc2ccc3c(F)c(F)ccc3c2)c(F)c1. The number of hydrogen-bond acceptors (Lipinski definition) is 1. The average molecular weight is 342 g/mol. The van der Waals surface area contributed by atoms with Gasteiger partial charge in [-0.1, -0.05) is 24.3 Å². The number of halogens is 3. The molecule has 0 aliphatic carbocycles. The Balaban J connectivity index is 1.74. The van der Waals surface area contributed by atoms with Crippen molar-refractivity contribution in [1.82, 2.24) is 0 Å². The van der Waals surface area contributed by atoms with Crippen molar-refractivity contribution in [2.75, 3.05) is 0 Å². The van der Waals surface area contributed by atoms with Crippen LogP contribution in [0.25, 0.3) is 10.8 Å². The molecular formula is C21H17F3O. The third-order valence-corrected chi connectivity index (χ3v) is 4.03. The topological polar surface area (TPSA) is 9.23 Å². The van der Waals surface area contributed by atoms with Crippen LogP contribution in [0.2, 0.25) is 0 Å². The lowest BCUT2D eigenvalue weighted by Gasteiger charge is -2.10. The van der Waals surface area contributed by atoms with E-state index in [0.717, 1.165) is 24.5 Å². The summed E-state index contributed by atoms with van der Waals surface area (Å²) in [5, 5.41) is 0.710. The van der Waals surface area contributed by atoms with Gasteiger partial charge in [-0.25, -0.2) is 13.2 Å². The number of fused-ring (bicyclic) bond motifs is 1. The van der Waals surface area contributed by atoms with Gasteiger partial charge in [0.2, 0.25) is 0 Å². The first-order valence-corrected chi connectivity index (χ1v) is 7.97. The minimum absolute atomic E-state index is 0.0583. The van der Waals surface area contributed by atoms with E-state index < -0.39 is 11.6 Å². The molecule has 3 aromatic carbocycles. The Bertz CT molecular complexity index is 918. The molecule has 25 heavy (non-hydrogen) atoms. The van der Waals surface area contributed by atoms with Gasteiger partial charge in [0, 0.05) is 10.9 Å². The Morgan fingerprint density at radius 3 is 2.52 bits per heavy atom. The van der Waals surface area contributed by atoms with Crippen molar-refractivity contribution in [1.29, 1.82) is 0 Å². The second-order valence-electron chi connectivity index (χ2n) is 5.79. The number of allylic oxidation sites excluding steroid dienone is 1. The molecule has 0 saturated heterocycles. The van der Waals surface area contributed by atoms with Crippen molar-refractivity contribution in [3.63, 3.8) is 0 Å². The van der Waals surface area contributed by atoms with E-state index in [1.54, 1.807) is 24.3 Å². The van der Waals surface area contributed by atoms with E-state index in [-0.39, 0.29) is 17.8 Å². The van der Waals surface area contributed by atoms with Crippen LogP contribution in [0.4, 0.5) is 13.2 Å². The molecule has 3 aromatic rings. The summed E-state index contributed by atoms with van der Waals surface area (Å²) in [5.41, 5.74) is 1.34. The van der Waals surface area contributed by atoms with Crippen LogP contribution in [0, 0.1) is 17.5 Å². The summed E-state index contributed by atoms with van der Waals surface area (Å²) in [6.45, 7) is 3.71. The lowest BCUT2D eigenvalue weighted by atomic mass is 10.1. The molecule has 0 atom stereocenters. The molecule has 0 bridgehead atoms. The van der Waals surface area contributed by atoms with Crippen molar-refractivity contribution in [3.05, 3.63) is 89.8 Å². The van der Waals surface area contributed by atoms with Crippen LogP contribution in [0.3, 0.4) is 0 Å². The maximum absolute atomic E-state index is 14.1. The predicted octanol–water partition coefficient (Wildman–Crippen LogP) is 5.95. The molecule has 0 unspecified atom stereocenters. The van der Waals surface area contributed by atoms with E-state index in [1.165, 1.54) is 18.2 Å². The molecule has 1 nitrogen and oxygen atoms in total. The highest BCUT2D eigenvalue weighted by Crippen LogP contribution is 2.25. The van der Waals surface area contributed by atoms with E-state index in [4.69, 9.17) is 4.74 Å². The molecule has 3 rings (SSSR count). The fourth-order valence-corrected chi connectivity index (χ4v) is 2.63. The minimum atomic E-state index is -0.889. The lowest BCUT2D eigenvalue weighted by molar-refractivity contribution is 0.300. The number of hydrogen-bond donors (Lipinski definition) is 0. The maximum atomic E-state index is 14.1. The van der Waals surface area contributed by atoms with Gasteiger partial charge in [-0.15, -0.1) is 6.58 Å². The van der Waals surface area contributed by atoms with Gasteiger partial charge in [0.05, 0.1) is 0 Å². The summed E-state index contributed by atoms with van der Waals surface area (Å²) in [5.74, 6) is -1.63. The van der Waals surface area contributed by atoms with E-state index in [0.29, 0.717) is 16.7 Å². The zero-order valence-corrected chi connectivity index (χ0v) is 13.6. The summed E-state index contributed by atoms with van der Waals surface area (Å²) >= 11 is 0. The highest BCUT2D eigenvalue weighted by Gasteiger charge is 2.09. The average Bonchev–Trinajstić information content (AvgIpc) is 2.62. The van der Waals surface area contributed by atoms with Crippen LogP contribution in [0.1, 0.15) is 17.5 Å². The predicted molar refractivity (Wildman–Crippen MR) is 93.1 cm³/mol. The van der Waals surface area contributed by atoms with E-state index in [9.17, 15) is 13.2 Å². The molecule has 0 saturated carbocycles. The zero-order chi connectivity index (χ0) is 17.8. The van der Waals surface area contributed by atoms with Crippen LogP contribution in [0.5, 0.6) is 5.75 Å². The van der Waals surface area contributed by atoms with Crippen LogP contribution in [-0.4, -0.2) is 0 Å². The Morgan fingerprint density at radius 1 is 0.920 bits per heavy atom. The van der Waals surface area contributed by atoms with Crippen LogP contribution in [0.15, 0.2) is 61.2 Å². The van der Waals surface area contributed by atoms with Crippen molar-refractivity contribution >= 4 is 10.8 Å². The van der Waals surface area contributed by atoms with Crippen molar-refractivity contribution in [3.8, 4) is 5.75 Å². The maximum Gasteiger partial charge on any atom is 0.166 e. The molecule has 0 aromatic heterocycles. The molecule has 0 aliphatic heterocycles. The first kappa shape index (κ1) is 17.1. The number of rotatable bonds is 6. The first-order valence-electron chi connectivity index (χ1n) is 7.97. The van der Waals surface area contributed by atoms with Gasteiger partial charge >= 0.3 is 0 Å². The fourth-order valence-electron chi connectivity index (χ4n) is 2.63. The molecule has 0 aliphatic rings. The Kier molecular flexibility index (Phi) is 5.08. The molecule has 0 heterocycles. The molecule has 4 heteroatoms. The molecule has 128 valence electrons. The molecule has 0 spiro atoms. The Hall–Kier alpha value is -2.75. The van der Waals surface area contributed by atoms with Crippen LogP contribution >= 0.6 is 0 Å². The van der Waals surface area contributed by atoms with Crippen molar-refractivity contribution in [2.45, 2.75) is 19.4 Å². The molecule has 0 amide bonds. The van der Waals surface area contributed by atoms with E-state index in [1.807, 2.05) is 6.07 Å². The molecule has 0 radical (unpaired) electrons. The van der Waals surface area contributed by atoms with Crippen molar-refractivity contribution < 1.29 is 17.9 Å². The number of aryl methyl sites for hydroxylation is 1. The standard InChI is InChI=1S/C21H17F3O/c1-2-3-4-14-5-6-16(20(23)11-14)13-25-17-8-9-18-15(12-17)7-10-19(22)21(18)24/h2,5-12H,1,3-4,13H2. The third-order valence-electron chi connectivity index (χ3n) is 4.03. The molecule has 0 N–H and O–H groups in total. The van der Waals surface area contributed by atoms with Crippen molar-refractivity contribution in [2.24, 2.45) is 0 Å². The second-order valence-corrected chi connectivity index (χ2v) is 5.79. The normalized spacial score (nSPS) is 10.8. The largest absolute Gasteiger partial charge is 0.489 e. The van der Waals surface area contributed by atoms with Gasteiger partial charge in [0.1, 0.15) is 18.2 Å². The zero-order valence-electron chi connectivity index (χ0n) is 13.6. The quantitative estimate of drug-likeness (QED) is 0.503. The Labute approximate surface area is 144 Å². The monoisotopic (exact) mass is 342 g/mol. The third kappa shape index (κ3) is 3.85. The summed E-state index contributed by atoms with van der Waals surface area (Å²) in [6.07, 6.45) is 3.33. The molecule has 0 fully saturated rings. The fraction of sp³-hybridized carbons (Fsp3) is 0.143.